The van der Waals surface area contributed by atoms with E-state index in [2.05, 4.69) is 23.4 Å². The average molecular weight is 297 g/mol. The molecule has 0 aliphatic carbocycles. The van der Waals surface area contributed by atoms with Crippen LogP contribution in [0.15, 0.2) is 6.07 Å². The molecule has 2 heterocycles. The molecular weight excluding hydrogens is 272 g/mol. The number of aryl methyl sites for hydroxylation is 1. The monoisotopic (exact) mass is 296 g/mol. The van der Waals surface area contributed by atoms with Crippen LogP contribution in [-0.4, -0.2) is 40.8 Å². The highest BCUT2D eigenvalue weighted by Gasteiger charge is 2.22. The van der Waals surface area contributed by atoms with E-state index < -0.39 is 5.38 Å². The van der Waals surface area contributed by atoms with Crippen molar-refractivity contribution < 1.29 is 4.79 Å². The Kier molecular flexibility index (Phi) is 4.92. The first kappa shape index (κ1) is 15.6. The molecule has 1 saturated heterocycles. The molecule has 0 radical (unpaired) electrons. The van der Waals surface area contributed by atoms with E-state index in [-0.39, 0.29) is 5.78 Å². The molecule has 0 N–H and O–H groups in total. The van der Waals surface area contributed by atoms with Crippen LogP contribution < -0.4 is 0 Å². The summed E-state index contributed by atoms with van der Waals surface area (Å²) < 4.78 is 2.29. The van der Waals surface area contributed by atoms with E-state index in [0.29, 0.717) is 5.92 Å². The van der Waals surface area contributed by atoms with Gasteiger partial charge in [0, 0.05) is 23.5 Å². The zero-order valence-corrected chi connectivity index (χ0v) is 13.7. The molecule has 0 bridgehead atoms. The Labute approximate surface area is 126 Å². The Bertz CT molecular complexity index is 485. The van der Waals surface area contributed by atoms with E-state index in [1.165, 1.54) is 31.6 Å². The molecule has 4 heteroatoms. The average Bonchev–Trinajstić information content (AvgIpc) is 2.68. The molecule has 3 nitrogen and oxygen atoms in total. The molecule has 112 valence electrons. The van der Waals surface area contributed by atoms with Crippen molar-refractivity contribution in [2.24, 2.45) is 5.92 Å². The third-order valence-electron chi connectivity index (χ3n) is 4.48. The van der Waals surface area contributed by atoms with Crippen LogP contribution in [0.1, 0.15) is 41.5 Å². The van der Waals surface area contributed by atoms with Crippen molar-refractivity contribution in [1.29, 1.82) is 0 Å². The molecule has 1 aromatic rings. The number of ketones is 1. The second kappa shape index (κ2) is 6.31. The molecule has 1 unspecified atom stereocenters. The van der Waals surface area contributed by atoms with Crippen molar-refractivity contribution in [3.05, 3.63) is 23.0 Å². The van der Waals surface area contributed by atoms with Gasteiger partial charge in [-0.1, -0.05) is 0 Å². The van der Waals surface area contributed by atoms with Gasteiger partial charge in [0.1, 0.15) is 0 Å². The molecule has 20 heavy (non-hydrogen) atoms. The largest absolute Gasteiger partial charge is 0.348 e. The highest BCUT2D eigenvalue weighted by Crippen LogP contribution is 2.23. The van der Waals surface area contributed by atoms with Crippen molar-refractivity contribution in [3.63, 3.8) is 0 Å². The number of alkyl halides is 1. The SMILES string of the molecule is Cc1cc(C(=O)C(C)Cl)c(C)n1CC1CCN(C)CC1. The molecule has 1 aromatic heterocycles. The zero-order valence-electron chi connectivity index (χ0n) is 12.9. The second-order valence-corrected chi connectivity index (χ2v) is 6.78. The van der Waals surface area contributed by atoms with Gasteiger partial charge in [0.2, 0.25) is 0 Å². The number of piperidine rings is 1. The summed E-state index contributed by atoms with van der Waals surface area (Å²) in [5.74, 6) is 0.752. The molecule has 1 atom stereocenters. The molecule has 1 fully saturated rings. The summed E-state index contributed by atoms with van der Waals surface area (Å²) in [7, 11) is 2.18. The van der Waals surface area contributed by atoms with E-state index >= 15 is 0 Å². The minimum Gasteiger partial charge on any atom is -0.348 e. The highest BCUT2D eigenvalue weighted by molar-refractivity contribution is 6.33. The Hall–Kier alpha value is -0.800. The molecule has 0 spiro atoms. The maximum Gasteiger partial charge on any atom is 0.182 e. The number of rotatable bonds is 4. The van der Waals surface area contributed by atoms with Crippen LogP contribution in [0.5, 0.6) is 0 Å². The quantitative estimate of drug-likeness (QED) is 0.629. The normalized spacial score (nSPS) is 19.2. The van der Waals surface area contributed by atoms with E-state index in [4.69, 9.17) is 11.6 Å². The van der Waals surface area contributed by atoms with Crippen molar-refractivity contribution in [3.8, 4) is 0 Å². The van der Waals surface area contributed by atoms with Gasteiger partial charge in [-0.3, -0.25) is 4.79 Å². The van der Waals surface area contributed by atoms with Crippen LogP contribution in [-0.2, 0) is 6.54 Å². The lowest BCUT2D eigenvalue weighted by molar-refractivity contribution is 0.0991. The van der Waals surface area contributed by atoms with E-state index in [0.717, 1.165) is 17.8 Å². The number of likely N-dealkylation sites (tertiary alicyclic amines) is 1. The van der Waals surface area contributed by atoms with Gasteiger partial charge >= 0.3 is 0 Å². The summed E-state index contributed by atoms with van der Waals surface area (Å²) in [5, 5.41) is -0.452. The van der Waals surface area contributed by atoms with Gasteiger partial charge in [-0.2, -0.15) is 0 Å². The van der Waals surface area contributed by atoms with Gasteiger partial charge < -0.3 is 9.47 Å². The molecule has 0 aromatic carbocycles. The van der Waals surface area contributed by atoms with Crippen molar-refractivity contribution in [1.82, 2.24) is 9.47 Å². The fraction of sp³-hybridized carbons (Fsp3) is 0.688. The number of halogens is 1. The Morgan fingerprint density at radius 3 is 2.55 bits per heavy atom. The lowest BCUT2D eigenvalue weighted by Gasteiger charge is -2.30. The van der Waals surface area contributed by atoms with Gasteiger partial charge in [0.15, 0.2) is 5.78 Å². The number of nitrogens with zero attached hydrogens (tertiary/aromatic N) is 2. The number of hydrogen-bond donors (Lipinski definition) is 0. The summed E-state index contributed by atoms with van der Waals surface area (Å²) in [6.45, 7) is 9.23. The smallest absolute Gasteiger partial charge is 0.182 e. The molecule has 1 aliphatic heterocycles. The summed E-state index contributed by atoms with van der Waals surface area (Å²) in [6.07, 6.45) is 2.48. The first-order chi connectivity index (χ1) is 9.40. The standard InChI is InChI=1S/C16H25ClN2O/c1-11-9-15(16(20)12(2)17)13(3)19(11)10-14-5-7-18(4)8-6-14/h9,12,14H,5-8,10H2,1-4H3. The minimum atomic E-state index is -0.452. The topological polar surface area (TPSA) is 25.2 Å². The van der Waals surface area contributed by atoms with Crippen LogP contribution in [0.4, 0.5) is 0 Å². The predicted octanol–water partition coefficient (Wildman–Crippen LogP) is 3.26. The zero-order chi connectivity index (χ0) is 14.9. The van der Waals surface area contributed by atoms with Gasteiger partial charge in [-0.15, -0.1) is 11.6 Å². The second-order valence-electron chi connectivity index (χ2n) is 6.12. The Morgan fingerprint density at radius 2 is 2.00 bits per heavy atom. The van der Waals surface area contributed by atoms with Crippen molar-refractivity contribution in [2.75, 3.05) is 20.1 Å². The number of Topliss-reactive ketones (excluding diaryl/α,β-unsaturated/α-hetero) is 1. The number of carbonyl (C=O) groups excluding carboxylic acids is 1. The first-order valence-electron chi connectivity index (χ1n) is 7.43. The maximum atomic E-state index is 12.1. The van der Waals surface area contributed by atoms with Crippen LogP contribution in [0.3, 0.4) is 0 Å². The molecule has 2 rings (SSSR count). The molecule has 0 saturated carbocycles. The fourth-order valence-electron chi connectivity index (χ4n) is 3.05. The van der Waals surface area contributed by atoms with Crippen molar-refractivity contribution in [2.45, 2.75) is 45.5 Å². The maximum absolute atomic E-state index is 12.1. The van der Waals surface area contributed by atoms with Crippen LogP contribution in [0.25, 0.3) is 0 Å². The lowest BCUT2D eigenvalue weighted by atomic mass is 9.97. The molecule has 1 aliphatic rings. The van der Waals surface area contributed by atoms with Crippen LogP contribution >= 0.6 is 11.6 Å². The van der Waals surface area contributed by atoms with Gasteiger partial charge in [-0.05, 0) is 65.7 Å². The lowest BCUT2D eigenvalue weighted by Crippen LogP contribution is -2.32. The summed E-state index contributed by atoms with van der Waals surface area (Å²) in [4.78, 5) is 14.5. The minimum absolute atomic E-state index is 0.0365. The summed E-state index contributed by atoms with van der Waals surface area (Å²) in [6, 6.07) is 1.99. The van der Waals surface area contributed by atoms with Crippen molar-refractivity contribution >= 4 is 17.4 Å². The van der Waals surface area contributed by atoms with E-state index in [1.807, 2.05) is 13.0 Å². The van der Waals surface area contributed by atoms with E-state index in [9.17, 15) is 4.79 Å². The van der Waals surface area contributed by atoms with Gasteiger partial charge in [-0.25, -0.2) is 0 Å². The third kappa shape index (κ3) is 3.26. The summed E-state index contributed by atoms with van der Waals surface area (Å²) >= 11 is 5.94. The van der Waals surface area contributed by atoms with Gasteiger partial charge in [0.25, 0.3) is 0 Å². The third-order valence-corrected chi connectivity index (χ3v) is 4.68. The number of aromatic nitrogens is 1. The predicted molar refractivity (Wildman–Crippen MR) is 83.8 cm³/mol. The Balaban J connectivity index is 2.14. The fourth-order valence-corrected chi connectivity index (χ4v) is 3.17. The first-order valence-corrected chi connectivity index (χ1v) is 7.87. The van der Waals surface area contributed by atoms with Crippen LogP contribution in [0.2, 0.25) is 0 Å². The van der Waals surface area contributed by atoms with E-state index in [1.54, 1.807) is 6.92 Å². The summed E-state index contributed by atoms with van der Waals surface area (Å²) in [5.41, 5.74) is 3.03. The Morgan fingerprint density at radius 1 is 1.40 bits per heavy atom. The molecular formula is C16H25ClN2O. The highest BCUT2D eigenvalue weighted by atomic mass is 35.5. The van der Waals surface area contributed by atoms with Gasteiger partial charge in [0.05, 0.1) is 5.38 Å². The number of hydrogen-bond acceptors (Lipinski definition) is 2. The number of carbonyl (C=O) groups is 1. The molecule has 0 amide bonds. The van der Waals surface area contributed by atoms with Crippen LogP contribution in [0, 0.1) is 19.8 Å².